The molecule has 0 aromatic heterocycles. The number of benzene rings is 2. The van der Waals surface area contributed by atoms with Gasteiger partial charge in [0, 0.05) is 35.4 Å². The Morgan fingerprint density at radius 2 is 2.00 bits per heavy atom. The molecule has 3 rings (SSSR count). The highest BCUT2D eigenvalue weighted by molar-refractivity contribution is 7.45. The minimum atomic E-state index is -2.77. The molecule has 3 N–H and O–H groups in total. The Morgan fingerprint density at radius 1 is 1.32 bits per heavy atom. The highest BCUT2D eigenvalue weighted by atomic mass is 35.5. The van der Waals surface area contributed by atoms with Crippen molar-refractivity contribution in [3.05, 3.63) is 58.9 Å². The highest BCUT2D eigenvalue weighted by Crippen LogP contribution is 2.19. The number of halogens is 2. The van der Waals surface area contributed by atoms with E-state index in [2.05, 4.69) is 10.6 Å². The summed E-state index contributed by atoms with van der Waals surface area (Å²) in [6.07, 6.45) is -0.0463. The molecule has 1 atom stereocenters. The van der Waals surface area contributed by atoms with Crippen molar-refractivity contribution in [3.63, 3.8) is 0 Å². The van der Waals surface area contributed by atoms with Crippen LogP contribution in [0.4, 0.5) is 10.1 Å². The van der Waals surface area contributed by atoms with E-state index in [1.54, 1.807) is 0 Å². The fourth-order valence-corrected chi connectivity index (χ4v) is 2.54. The van der Waals surface area contributed by atoms with Gasteiger partial charge in [-0.05, 0) is 30.3 Å². The van der Waals surface area contributed by atoms with Crippen molar-refractivity contribution in [2.24, 2.45) is 0 Å². The Labute approximate surface area is 149 Å². The van der Waals surface area contributed by atoms with Gasteiger partial charge in [0.15, 0.2) is 5.30 Å². The van der Waals surface area contributed by atoms with Gasteiger partial charge in [-0.2, -0.15) is 0 Å². The monoisotopic (exact) mass is 384 g/mol. The van der Waals surface area contributed by atoms with Crippen LogP contribution in [0.15, 0.2) is 42.5 Å². The van der Waals surface area contributed by atoms with E-state index >= 15 is 0 Å². The zero-order chi connectivity index (χ0) is 18.4. The molecule has 2 aromatic carbocycles. The average Bonchev–Trinajstić information content (AvgIpc) is 2.52. The molecule has 1 aliphatic rings. The summed E-state index contributed by atoms with van der Waals surface area (Å²) >= 11 is 5.68. The minimum absolute atomic E-state index is 0.0323. The van der Waals surface area contributed by atoms with E-state index in [4.69, 9.17) is 16.7 Å². The van der Waals surface area contributed by atoms with E-state index in [0.717, 1.165) is 25.2 Å². The van der Waals surface area contributed by atoms with E-state index in [1.165, 1.54) is 30.3 Å². The maximum atomic E-state index is 13.1. The number of carbonyl (C=O) groups is 1. The molecule has 1 heterocycles. The number of aliphatic hydroxyl groups excluding tert-OH is 1. The van der Waals surface area contributed by atoms with Crippen molar-refractivity contribution in [2.75, 3.05) is 18.4 Å². The van der Waals surface area contributed by atoms with Crippen LogP contribution in [0, 0.1) is 5.82 Å². The SMILES string of the molecule is O=C(Nc1cc(F)cc(Cl)c1)c1cccc([P+](=O)[O-])c1.OC1CNC1. The Kier molecular flexibility index (Phi) is 6.99. The van der Waals surface area contributed by atoms with Crippen LogP contribution >= 0.6 is 19.6 Å². The number of hydrogen-bond acceptors (Lipinski definition) is 5. The summed E-state index contributed by atoms with van der Waals surface area (Å²) < 4.78 is 24.0. The summed E-state index contributed by atoms with van der Waals surface area (Å²) in [5, 5.41) is 13.9. The molecule has 0 aliphatic carbocycles. The summed E-state index contributed by atoms with van der Waals surface area (Å²) in [4.78, 5) is 22.8. The first-order valence-corrected chi connectivity index (χ1v) is 8.81. The predicted octanol–water partition coefficient (Wildman–Crippen LogP) is 1.41. The molecule has 6 nitrogen and oxygen atoms in total. The number of hydrogen-bond donors (Lipinski definition) is 3. The second-order valence-corrected chi connectivity index (χ2v) is 6.70. The largest absolute Gasteiger partial charge is 0.591 e. The number of anilines is 1. The lowest BCUT2D eigenvalue weighted by Crippen LogP contribution is -2.46. The molecule has 1 fully saturated rings. The standard InChI is InChI=1S/C13H8ClFNO3P.C3H7NO/c14-9-5-10(15)7-11(6-9)16-13(17)8-2-1-3-12(4-8)20(18)19;5-3-1-4-2-3/h1-7H,(H,16,17);3-5H,1-2H2. The zero-order valence-corrected chi connectivity index (χ0v) is 14.6. The van der Waals surface area contributed by atoms with Crippen LogP contribution < -0.4 is 20.8 Å². The molecule has 1 saturated heterocycles. The Balaban J connectivity index is 0.000000386. The van der Waals surface area contributed by atoms with Crippen molar-refractivity contribution in [1.29, 1.82) is 0 Å². The van der Waals surface area contributed by atoms with Gasteiger partial charge in [0.25, 0.3) is 5.91 Å². The summed E-state index contributed by atoms with van der Waals surface area (Å²) in [7, 11) is -2.77. The quantitative estimate of drug-likeness (QED) is 0.695. The lowest BCUT2D eigenvalue weighted by molar-refractivity contribution is -0.160. The van der Waals surface area contributed by atoms with Crippen molar-refractivity contribution in [2.45, 2.75) is 6.10 Å². The van der Waals surface area contributed by atoms with Crippen LogP contribution in [0.3, 0.4) is 0 Å². The van der Waals surface area contributed by atoms with E-state index in [-0.39, 0.29) is 27.7 Å². The van der Waals surface area contributed by atoms with Crippen molar-refractivity contribution < 1.29 is 23.7 Å². The minimum Gasteiger partial charge on any atom is -0.591 e. The van der Waals surface area contributed by atoms with Crippen LogP contribution in [-0.2, 0) is 4.57 Å². The van der Waals surface area contributed by atoms with Gasteiger partial charge >= 0.3 is 8.03 Å². The fraction of sp³-hybridized carbons (Fsp3) is 0.188. The molecule has 25 heavy (non-hydrogen) atoms. The lowest BCUT2D eigenvalue weighted by atomic mass is 10.2. The zero-order valence-electron chi connectivity index (χ0n) is 12.9. The van der Waals surface area contributed by atoms with Crippen LogP contribution in [0.1, 0.15) is 10.4 Å². The highest BCUT2D eigenvalue weighted by Gasteiger charge is 2.13. The smallest absolute Gasteiger partial charge is 0.348 e. The second-order valence-electron chi connectivity index (χ2n) is 5.23. The first kappa shape index (κ1) is 19.4. The number of carbonyl (C=O) groups excluding carboxylic acids is 1. The van der Waals surface area contributed by atoms with E-state index in [9.17, 15) is 18.6 Å². The maximum absolute atomic E-state index is 13.1. The van der Waals surface area contributed by atoms with Crippen LogP contribution in [-0.4, -0.2) is 30.2 Å². The normalized spacial score (nSPS) is 14.0. The van der Waals surface area contributed by atoms with Gasteiger partial charge in [-0.25, -0.2) is 4.39 Å². The summed E-state index contributed by atoms with van der Waals surface area (Å²) in [5.41, 5.74) is 0.346. The topological polar surface area (TPSA) is 101 Å². The molecule has 0 saturated carbocycles. The van der Waals surface area contributed by atoms with E-state index < -0.39 is 19.8 Å². The molecule has 1 amide bonds. The summed E-state index contributed by atoms with van der Waals surface area (Å²) in [6.45, 7) is 1.58. The molecule has 1 aliphatic heterocycles. The van der Waals surface area contributed by atoms with E-state index in [0.29, 0.717) is 0 Å². The molecule has 0 spiro atoms. The molecule has 0 radical (unpaired) electrons. The van der Waals surface area contributed by atoms with Gasteiger partial charge < -0.3 is 20.6 Å². The number of β-amino-alcohol motifs (C(OH)–C–C–N with tert-alkyl or cyclic N) is 1. The molecule has 132 valence electrons. The molecular formula is C16H15ClFN2O4P. The van der Waals surface area contributed by atoms with Gasteiger partial charge in [-0.3, -0.25) is 4.79 Å². The van der Waals surface area contributed by atoms with Crippen molar-refractivity contribution in [3.8, 4) is 0 Å². The molecule has 2 aromatic rings. The van der Waals surface area contributed by atoms with Gasteiger partial charge in [-0.15, -0.1) is 0 Å². The van der Waals surface area contributed by atoms with Gasteiger partial charge in [0.2, 0.25) is 0 Å². The average molecular weight is 385 g/mol. The number of amides is 1. The molecule has 0 bridgehead atoms. The third kappa shape index (κ3) is 6.16. The maximum Gasteiger partial charge on any atom is 0.348 e. The lowest BCUT2D eigenvalue weighted by Gasteiger charge is -2.20. The number of rotatable bonds is 3. The summed E-state index contributed by atoms with van der Waals surface area (Å²) in [5.74, 6) is -1.13. The molecule has 1 unspecified atom stereocenters. The first-order chi connectivity index (χ1) is 11.8. The second kappa shape index (κ2) is 8.99. The van der Waals surface area contributed by atoms with Crippen LogP contribution in [0.25, 0.3) is 0 Å². The fourth-order valence-electron chi connectivity index (χ4n) is 1.86. The predicted molar refractivity (Wildman–Crippen MR) is 91.9 cm³/mol. The first-order valence-electron chi connectivity index (χ1n) is 7.26. The van der Waals surface area contributed by atoms with Gasteiger partial charge in [0.05, 0.1) is 6.10 Å². The van der Waals surface area contributed by atoms with Crippen LogP contribution in [0.2, 0.25) is 5.02 Å². The third-order valence-electron chi connectivity index (χ3n) is 3.20. The van der Waals surface area contributed by atoms with Crippen LogP contribution in [0.5, 0.6) is 0 Å². The van der Waals surface area contributed by atoms with Gasteiger partial charge in [-0.1, -0.05) is 22.2 Å². The van der Waals surface area contributed by atoms with Crippen molar-refractivity contribution in [1.82, 2.24) is 5.32 Å². The summed E-state index contributed by atoms with van der Waals surface area (Å²) in [6, 6.07) is 9.14. The van der Waals surface area contributed by atoms with E-state index in [1.807, 2.05) is 0 Å². The number of aliphatic hydroxyl groups is 1. The van der Waals surface area contributed by atoms with Crippen molar-refractivity contribution >= 4 is 36.5 Å². The Hall–Kier alpha value is -1.89. The number of nitrogens with one attached hydrogen (secondary N) is 2. The van der Waals surface area contributed by atoms with Gasteiger partial charge in [0.1, 0.15) is 5.82 Å². The third-order valence-corrected chi connectivity index (χ3v) is 4.12. The Bertz CT molecular complexity index is 766. The molecular weight excluding hydrogens is 370 g/mol. The Morgan fingerprint density at radius 3 is 2.52 bits per heavy atom. The molecule has 9 heteroatoms.